The van der Waals surface area contributed by atoms with Crippen molar-refractivity contribution in [3.8, 4) is 5.75 Å². The molecule has 1 aromatic rings. The maximum absolute atomic E-state index is 6.60. The number of nitrogens with one attached hydrogen (secondary N) is 1. The Morgan fingerprint density at radius 2 is 1.77 bits per heavy atom. The summed E-state index contributed by atoms with van der Waals surface area (Å²) in [5, 5.41) is 0. The zero-order chi connectivity index (χ0) is 14.8. The number of rotatable bonds is 5. The molecule has 0 atom stereocenters. The van der Waals surface area contributed by atoms with Crippen molar-refractivity contribution in [2.75, 3.05) is 0 Å². The first-order valence-corrected chi connectivity index (χ1v) is 9.98. The van der Waals surface area contributed by atoms with E-state index < -0.39 is 8.48 Å². The van der Waals surface area contributed by atoms with E-state index in [2.05, 4.69) is 70.0 Å². The van der Waals surface area contributed by atoms with E-state index in [1.54, 1.807) is 0 Å². The van der Waals surface area contributed by atoms with E-state index in [1.807, 2.05) is 0 Å². The summed E-state index contributed by atoms with van der Waals surface area (Å²) in [6.45, 7) is 11.1. The molecule has 0 saturated heterocycles. The number of allylic oxidation sites excluding steroid dienone is 1. The van der Waals surface area contributed by atoms with Crippen LogP contribution in [0.5, 0.6) is 5.75 Å². The van der Waals surface area contributed by atoms with E-state index in [9.17, 15) is 0 Å². The molecule has 0 aliphatic heterocycles. The molecule has 0 amide bonds. The van der Waals surface area contributed by atoms with Gasteiger partial charge in [0.05, 0.1) is 0 Å². The number of hydrogen-bond acceptors (Lipinski definition) is 2. The van der Waals surface area contributed by atoms with Crippen LogP contribution in [0.1, 0.15) is 45.7 Å². The number of fused-ring (bicyclic) bond motifs is 1. The molecule has 0 heterocycles. The minimum absolute atomic E-state index is 0. The third-order valence-electron chi connectivity index (χ3n) is 3.83. The molecular weight excluding hydrogens is 276 g/mol. The zero-order valence-corrected chi connectivity index (χ0v) is 14.4. The molecule has 0 spiro atoms. The molecule has 114 valence electrons. The van der Waals surface area contributed by atoms with Gasteiger partial charge >= 0.3 is 46.2 Å². The Morgan fingerprint density at radius 1 is 1.14 bits per heavy atom. The van der Waals surface area contributed by atoms with Crippen LogP contribution in [0.15, 0.2) is 24.3 Å². The van der Waals surface area contributed by atoms with Gasteiger partial charge in [-0.25, -0.2) is 0 Å². The number of benzene rings is 1. The fraction of sp³-hybridized carbons (Fsp3) is 0.529. The third-order valence-corrected chi connectivity index (χ3v) is 7.93. The SMILES string of the molecule is CC[Si](CC)(NC(C)(C)C)Oc1cccc2c1C=CC2.[LiH].[LiH]. The van der Waals surface area contributed by atoms with Crippen LogP contribution in [-0.2, 0) is 6.42 Å². The van der Waals surface area contributed by atoms with Crippen LogP contribution in [0.3, 0.4) is 0 Å². The molecule has 0 fully saturated rings. The fourth-order valence-corrected chi connectivity index (χ4v) is 6.00. The summed E-state index contributed by atoms with van der Waals surface area (Å²) < 4.78 is 6.60. The van der Waals surface area contributed by atoms with E-state index in [0.29, 0.717) is 0 Å². The van der Waals surface area contributed by atoms with Gasteiger partial charge in [0.2, 0.25) is 0 Å². The molecule has 0 bridgehead atoms. The van der Waals surface area contributed by atoms with Gasteiger partial charge in [-0.3, -0.25) is 0 Å². The summed E-state index contributed by atoms with van der Waals surface area (Å²) in [6, 6.07) is 8.58. The summed E-state index contributed by atoms with van der Waals surface area (Å²) in [7, 11) is -1.95. The van der Waals surface area contributed by atoms with Crippen LogP contribution in [-0.4, -0.2) is 51.7 Å². The maximum atomic E-state index is 6.60. The second-order valence-electron chi connectivity index (χ2n) is 6.61. The Morgan fingerprint density at radius 3 is 2.32 bits per heavy atom. The van der Waals surface area contributed by atoms with E-state index >= 15 is 0 Å². The van der Waals surface area contributed by atoms with Gasteiger partial charge in [-0.1, -0.05) is 38.1 Å². The molecule has 0 saturated carbocycles. The van der Waals surface area contributed by atoms with Crippen molar-refractivity contribution in [1.82, 2.24) is 4.98 Å². The average molecular weight is 305 g/mol. The van der Waals surface area contributed by atoms with Crippen LogP contribution < -0.4 is 9.41 Å². The van der Waals surface area contributed by atoms with Gasteiger partial charge in [-0.15, -0.1) is 0 Å². The molecule has 22 heavy (non-hydrogen) atoms. The molecule has 0 unspecified atom stereocenters. The molecule has 0 aromatic heterocycles. The van der Waals surface area contributed by atoms with Crippen molar-refractivity contribution in [2.45, 2.75) is 58.7 Å². The summed E-state index contributed by atoms with van der Waals surface area (Å²) >= 11 is 0. The van der Waals surface area contributed by atoms with E-state index in [-0.39, 0.29) is 43.3 Å². The summed E-state index contributed by atoms with van der Waals surface area (Å²) in [4.78, 5) is 3.80. The average Bonchev–Trinajstić information content (AvgIpc) is 2.85. The van der Waals surface area contributed by atoms with Gasteiger partial charge in [-0.05, 0) is 50.9 Å². The van der Waals surface area contributed by atoms with E-state index in [4.69, 9.17) is 4.43 Å². The van der Waals surface area contributed by atoms with Gasteiger partial charge in [0.15, 0.2) is 0 Å². The van der Waals surface area contributed by atoms with Crippen LogP contribution >= 0.6 is 0 Å². The van der Waals surface area contributed by atoms with Crippen molar-refractivity contribution in [2.24, 2.45) is 0 Å². The molecule has 2 rings (SSSR count). The Balaban J connectivity index is 0.00000220. The summed E-state index contributed by atoms with van der Waals surface area (Å²) in [5.74, 6) is 1.06. The van der Waals surface area contributed by atoms with Crippen molar-refractivity contribution in [1.29, 1.82) is 0 Å². The van der Waals surface area contributed by atoms with E-state index in [1.165, 1.54) is 11.1 Å². The minimum atomic E-state index is -1.95. The molecule has 1 aliphatic rings. The zero-order valence-electron chi connectivity index (χ0n) is 13.4. The van der Waals surface area contributed by atoms with Gasteiger partial charge in [0, 0.05) is 11.1 Å². The standard InChI is InChI=1S/C17H27NOSi.2Li.2H/c1-6-20(7-2,18-17(3,4)5)19-16-13-9-11-14-10-8-12-15(14)16;;;;/h8-9,11-13,18H,6-7,10H2,1-5H3;;;;. The van der Waals surface area contributed by atoms with Crippen molar-refractivity contribution < 1.29 is 4.43 Å². The van der Waals surface area contributed by atoms with Crippen molar-refractivity contribution in [3.05, 3.63) is 35.4 Å². The van der Waals surface area contributed by atoms with Gasteiger partial charge in [-0.2, -0.15) is 0 Å². The Hall–Kier alpha value is 0.132. The number of hydrogen-bond donors (Lipinski definition) is 1. The fourth-order valence-electron chi connectivity index (χ4n) is 2.84. The third kappa shape index (κ3) is 5.34. The Bertz CT molecular complexity index is 508. The monoisotopic (exact) mass is 305 g/mol. The quantitative estimate of drug-likeness (QED) is 0.844. The first-order valence-electron chi connectivity index (χ1n) is 7.66. The first kappa shape index (κ1) is 22.1. The second kappa shape index (κ2) is 8.84. The van der Waals surface area contributed by atoms with E-state index in [0.717, 1.165) is 24.3 Å². The van der Waals surface area contributed by atoms with Crippen molar-refractivity contribution in [3.63, 3.8) is 0 Å². The van der Waals surface area contributed by atoms with Crippen LogP contribution in [0.4, 0.5) is 0 Å². The summed E-state index contributed by atoms with van der Waals surface area (Å²) in [6.07, 6.45) is 5.45. The second-order valence-corrected chi connectivity index (χ2v) is 10.5. The normalized spacial score (nSPS) is 13.1. The molecule has 0 radical (unpaired) electrons. The van der Waals surface area contributed by atoms with Crippen LogP contribution in [0.25, 0.3) is 6.08 Å². The molecule has 5 heteroatoms. The van der Waals surface area contributed by atoms with Crippen molar-refractivity contribution >= 4 is 52.3 Å². The Labute approximate surface area is 161 Å². The molecule has 1 N–H and O–H groups in total. The molecule has 2 nitrogen and oxygen atoms in total. The summed E-state index contributed by atoms with van der Waals surface area (Å²) in [5.41, 5.74) is 2.75. The van der Waals surface area contributed by atoms with Crippen LogP contribution in [0.2, 0.25) is 12.1 Å². The predicted molar refractivity (Wildman–Crippen MR) is 104 cm³/mol. The topological polar surface area (TPSA) is 21.3 Å². The molecule has 1 aromatic carbocycles. The predicted octanol–water partition coefficient (Wildman–Crippen LogP) is 3.21. The molecule has 1 aliphatic carbocycles. The van der Waals surface area contributed by atoms with Gasteiger partial charge in [0.1, 0.15) is 5.75 Å². The van der Waals surface area contributed by atoms with Gasteiger partial charge in [0.25, 0.3) is 0 Å². The molecular formula is C17H29Li2NOSi. The van der Waals surface area contributed by atoms with Gasteiger partial charge < -0.3 is 9.41 Å². The van der Waals surface area contributed by atoms with Crippen LogP contribution in [0, 0.1) is 0 Å². The first-order chi connectivity index (χ1) is 9.39. The Kier molecular flexibility index (Phi) is 8.89.